The average molecular weight is 245 g/mol. The highest BCUT2D eigenvalue weighted by Crippen LogP contribution is 2.09. The summed E-state index contributed by atoms with van der Waals surface area (Å²) in [5.74, 6) is -1.58. The molecule has 1 N–H and O–H groups in total. The van der Waals surface area contributed by atoms with E-state index in [2.05, 4.69) is 0 Å². The number of carbonyl (C=O) groups excluding carboxylic acids is 2. The number of nitrogens with zero attached hydrogens (tertiary/aromatic N) is 1. The molecule has 0 aromatic heterocycles. The summed E-state index contributed by atoms with van der Waals surface area (Å²) in [6.07, 6.45) is -2.91. The zero-order valence-corrected chi connectivity index (χ0v) is 9.33. The van der Waals surface area contributed by atoms with Crippen molar-refractivity contribution in [3.8, 4) is 0 Å². The molecule has 0 aromatic carbocycles. The molecule has 7 nitrogen and oxygen atoms in total. The van der Waals surface area contributed by atoms with E-state index in [4.69, 9.17) is 14.2 Å². The Balaban J connectivity index is 2.18. The third-order valence-corrected chi connectivity index (χ3v) is 2.77. The Morgan fingerprint density at radius 2 is 1.59 bits per heavy atom. The number of cyclic esters (lactones) is 2. The fourth-order valence-corrected chi connectivity index (χ4v) is 1.77. The minimum absolute atomic E-state index is 0.191. The predicted molar refractivity (Wildman–Crippen MR) is 54.1 cm³/mol. The van der Waals surface area contributed by atoms with Crippen molar-refractivity contribution >= 4 is 11.9 Å². The molecule has 0 spiro atoms. The number of rotatable bonds is 0. The smallest absolute Gasteiger partial charge is 0.338 e. The van der Waals surface area contributed by atoms with E-state index < -0.39 is 24.1 Å². The summed E-state index contributed by atoms with van der Waals surface area (Å²) in [5, 5.41) is 9.66. The topological polar surface area (TPSA) is 85.3 Å². The third kappa shape index (κ3) is 2.93. The van der Waals surface area contributed by atoms with Gasteiger partial charge in [0.25, 0.3) is 0 Å². The number of aliphatic hydroxyl groups excluding tert-OH is 1. The monoisotopic (exact) mass is 245 g/mol. The first kappa shape index (κ1) is 12.3. The summed E-state index contributed by atoms with van der Waals surface area (Å²) in [7, 11) is 0. The van der Waals surface area contributed by atoms with E-state index in [0.29, 0.717) is 19.6 Å². The fraction of sp³-hybridized carbons (Fsp3) is 0.800. The van der Waals surface area contributed by atoms with Crippen molar-refractivity contribution in [3.63, 3.8) is 0 Å². The van der Waals surface area contributed by atoms with Crippen LogP contribution < -0.4 is 0 Å². The molecule has 96 valence electrons. The van der Waals surface area contributed by atoms with Crippen LogP contribution in [0.2, 0.25) is 0 Å². The molecule has 2 fully saturated rings. The Morgan fingerprint density at radius 3 is 2.29 bits per heavy atom. The van der Waals surface area contributed by atoms with Crippen molar-refractivity contribution in [2.24, 2.45) is 0 Å². The summed E-state index contributed by atoms with van der Waals surface area (Å²) in [6.45, 7) is 2.39. The normalized spacial score (nSPS) is 35.5. The lowest BCUT2D eigenvalue weighted by molar-refractivity contribution is -0.177. The molecule has 0 amide bonds. The lowest BCUT2D eigenvalue weighted by Gasteiger charge is -2.23. The molecule has 3 atom stereocenters. The van der Waals surface area contributed by atoms with Crippen LogP contribution in [0.15, 0.2) is 0 Å². The number of carbonyl (C=O) groups is 2. The van der Waals surface area contributed by atoms with Crippen molar-refractivity contribution in [3.05, 3.63) is 0 Å². The zero-order chi connectivity index (χ0) is 12.3. The van der Waals surface area contributed by atoms with Gasteiger partial charge in [-0.05, 0) is 0 Å². The van der Waals surface area contributed by atoms with Crippen molar-refractivity contribution in [1.82, 2.24) is 4.90 Å². The van der Waals surface area contributed by atoms with E-state index in [1.54, 1.807) is 0 Å². The Hall–Kier alpha value is -1.18. The second kappa shape index (κ2) is 5.44. The van der Waals surface area contributed by atoms with Crippen LogP contribution in [-0.2, 0) is 23.8 Å². The van der Waals surface area contributed by atoms with Crippen LogP contribution in [0.3, 0.4) is 0 Å². The van der Waals surface area contributed by atoms with Crippen molar-refractivity contribution in [1.29, 1.82) is 0 Å². The molecule has 0 saturated carbocycles. The van der Waals surface area contributed by atoms with E-state index in [1.807, 2.05) is 4.90 Å². The first-order chi connectivity index (χ1) is 8.18. The standard InChI is InChI=1S/C10H15NO6/c12-7-8-10(14)17-6-3-11(1-4-15-8)2-5-16-9(7)13/h7-8,12H,1-6H2/t7-,8-/m0/s1. The second-order valence-corrected chi connectivity index (χ2v) is 3.91. The highest BCUT2D eigenvalue weighted by atomic mass is 16.6. The molecule has 2 saturated heterocycles. The van der Waals surface area contributed by atoms with E-state index in [-0.39, 0.29) is 19.8 Å². The lowest BCUT2D eigenvalue weighted by Crippen LogP contribution is -2.45. The van der Waals surface area contributed by atoms with Gasteiger partial charge in [-0.1, -0.05) is 0 Å². The summed E-state index contributed by atoms with van der Waals surface area (Å²) in [6, 6.07) is 0. The van der Waals surface area contributed by atoms with E-state index in [9.17, 15) is 14.7 Å². The Labute approximate surface area is 98.2 Å². The number of ether oxygens (including phenoxy) is 3. The third-order valence-electron chi connectivity index (χ3n) is 2.77. The predicted octanol–water partition coefficient (Wildman–Crippen LogP) is -1.85. The lowest BCUT2D eigenvalue weighted by atomic mass is 10.2. The van der Waals surface area contributed by atoms with Crippen LogP contribution in [0.4, 0.5) is 0 Å². The Bertz CT molecular complexity index is 307. The number of esters is 2. The van der Waals surface area contributed by atoms with Crippen molar-refractivity contribution in [2.75, 3.05) is 39.5 Å². The van der Waals surface area contributed by atoms with Crippen LogP contribution in [0, 0.1) is 0 Å². The minimum atomic E-state index is -1.62. The molecular weight excluding hydrogens is 230 g/mol. The molecule has 17 heavy (non-hydrogen) atoms. The summed E-state index contributed by atoms with van der Waals surface area (Å²) >= 11 is 0. The highest BCUT2D eigenvalue weighted by molar-refractivity contribution is 5.85. The average Bonchev–Trinajstić information content (AvgIpc) is 2.38. The molecule has 2 rings (SSSR count). The molecule has 2 bridgehead atoms. The van der Waals surface area contributed by atoms with E-state index in [1.165, 1.54) is 0 Å². The number of fused-ring (bicyclic) bond motifs is 4. The maximum atomic E-state index is 11.6. The van der Waals surface area contributed by atoms with Gasteiger partial charge >= 0.3 is 11.9 Å². The first-order valence-corrected chi connectivity index (χ1v) is 5.54. The first-order valence-electron chi connectivity index (χ1n) is 5.54. The molecule has 0 aliphatic carbocycles. The SMILES string of the molecule is O=C1OCCN2CCOC(=O)[C@@H](OCC2)[C@@H]1O. The van der Waals surface area contributed by atoms with Gasteiger partial charge in [0, 0.05) is 19.6 Å². The molecular formula is C10H15NO6. The molecule has 0 aromatic rings. The molecule has 0 radical (unpaired) electrons. The Kier molecular flexibility index (Phi) is 3.93. The molecule has 2 aliphatic rings. The number of hydrogen-bond donors (Lipinski definition) is 1. The quantitative estimate of drug-likeness (QED) is 0.501. The van der Waals surface area contributed by atoms with Crippen LogP contribution in [-0.4, -0.2) is 73.6 Å². The van der Waals surface area contributed by atoms with Gasteiger partial charge in [-0.2, -0.15) is 0 Å². The number of hydrogen-bond acceptors (Lipinski definition) is 7. The van der Waals surface area contributed by atoms with Crippen molar-refractivity contribution in [2.45, 2.75) is 12.2 Å². The zero-order valence-electron chi connectivity index (χ0n) is 9.33. The highest BCUT2D eigenvalue weighted by Gasteiger charge is 2.37. The second-order valence-electron chi connectivity index (χ2n) is 3.91. The van der Waals surface area contributed by atoms with E-state index in [0.717, 1.165) is 0 Å². The summed E-state index contributed by atoms with van der Waals surface area (Å²) in [5.41, 5.74) is 0. The van der Waals surface area contributed by atoms with Crippen LogP contribution >= 0.6 is 0 Å². The van der Waals surface area contributed by atoms with Gasteiger partial charge in [-0.15, -0.1) is 0 Å². The van der Waals surface area contributed by atoms with E-state index >= 15 is 0 Å². The number of aliphatic hydroxyl groups is 1. The van der Waals surface area contributed by atoms with Crippen LogP contribution in [0.5, 0.6) is 0 Å². The summed E-state index contributed by atoms with van der Waals surface area (Å²) < 4.78 is 15.0. The van der Waals surface area contributed by atoms with Crippen molar-refractivity contribution < 1.29 is 28.9 Å². The molecule has 2 aliphatic heterocycles. The molecule has 2 heterocycles. The van der Waals surface area contributed by atoms with Gasteiger partial charge in [-0.3, -0.25) is 4.90 Å². The van der Waals surface area contributed by atoms with Gasteiger partial charge in [0.1, 0.15) is 13.2 Å². The van der Waals surface area contributed by atoms with Gasteiger partial charge in [0.2, 0.25) is 0 Å². The molecule has 7 heteroatoms. The minimum Gasteiger partial charge on any atom is -0.462 e. The van der Waals surface area contributed by atoms with Gasteiger partial charge in [-0.25, -0.2) is 9.59 Å². The van der Waals surface area contributed by atoms with Gasteiger partial charge in [0.05, 0.1) is 6.61 Å². The van der Waals surface area contributed by atoms with Crippen LogP contribution in [0.25, 0.3) is 0 Å². The summed E-state index contributed by atoms with van der Waals surface area (Å²) in [4.78, 5) is 25.0. The fourth-order valence-electron chi connectivity index (χ4n) is 1.77. The van der Waals surface area contributed by atoms with Gasteiger partial charge < -0.3 is 19.3 Å². The molecule has 1 unspecified atom stereocenters. The maximum Gasteiger partial charge on any atom is 0.338 e. The largest absolute Gasteiger partial charge is 0.462 e. The van der Waals surface area contributed by atoms with Crippen LogP contribution in [0.1, 0.15) is 0 Å². The van der Waals surface area contributed by atoms with Gasteiger partial charge in [0.15, 0.2) is 12.2 Å². The maximum absolute atomic E-state index is 11.6. The Morgan fingerprint density at radius 1 is 1.00 bits per heavy atom.